The van der Waals surface area contributed by atoms with E-state index in [1.165, 1.54) is 6.08 Å². The SMILES string of the molecule is C/C=C(\Oc1ccccc1Cl)C(=O)O. The van der Waals surface area contributed by atoms with Crippen LogP contribution >= 0.6 is 11.6 Å². The van der Waals surface area contributed by atoms with Crippen LogP contribution in [0.4, 0.5) is 0 Å². The Hall–Kier alpha value is -1.48. The molecule has 0 unspecified atom stereocenters. The van der Waals surface area contributed by atoms with E-state index in [4.69, 9.17) is 21.4 Å². The van der Waals surface area contributed by atoms with Crippen molar-refractivity contribution >= 4 is 17.6 Å². The number of benzene rings is 1. The van der Waals surface area contributed by atoms with Crippen molar-refractivity contribution < 1.29 is 14.6 Å². The van der Waals surface area contributed by atoms with Crippen LogP contribution in [-0.4, -0.2) is 11.1 Å². The van der Waals surface area contributed by atoms with E-state index >= 15 is 0 Å². The highest BCUT2D eigenvalue weighted by atomic mass is 35.5. The molecule has 0 atom stereocenters. The minimum absolute atomic E-state index is 0.141. The molecule has 4 heteroatoms. The third-order valence-electron chi connectivity index (χ3n) is 1.53. The van der Waals surface area contributed by atoms with E-state index in [0.29, 0.717) is 10.8 Å². The molecule has 0 saturated heterocycles. The Kier molecular flexibility index (Phi) is 3.54. The summed E-state index contributed by atoms with van der Waals surface area (Å²) in [5, 5.41) is 9.07. The van der Waals surface area contributed by atoms with Crippen molar-refractivity contribution in [2.24, 2.45) is 0 Å². The number of aliphatic carboxylic acids is 1. The molecule has 1 rings (SSSR count). The summed E-state index contributed by atoms with van der Waals surface area (Å²) in [7, 11) is 0. The van der Waals surface area contributed by atoms with Crippen molar-refractivity contribution in [3.05, 3.63) is 41.1 Å². The largest absolute Gasteiger partial charge is 0.475 e. The topological polar surface area (TPSA) is 46.5 Å². The van der Waals surface area contributed by atoms with Gasteiger partial charge in [-0.1, -0.05) is 23.7 Å². The number of ether oxygens (including phenoxy) is 1. The molecule has 0 aliphatic rings. The summed E-state index contributed by atoms with van der Waals surface area (Å²) < 4.78 is 5.09. The summed E-state index contributed by atoms with van der Waals surface area (Å²) in [6, 6.07) is 6.70. The smallest absolute Gasteiger partial charge is 0.371 e. The summed E-state index contributed by atoms with van der Waals surface area (Å²) in [4.78, 5) is 10.6. The average molecular weight is 213 g/mol. The van der Waals surface area contributed by atoms with Crippen LogP contribution in [0.5, 0.6) is 5.75 Å². The highest BCUT2D eigenvalue weighted by molar-refractivity contribution is 6.32. The van der Waals surface area contributed by atoms with Gasteiger partial charge in [0.05, 0.1) is 5.02 Å². The minimum atomic E-state index is -1.12. The first-order valence-electron chi connectivity index (χ1n) is 3.97. The second-order valence-electron chi connectivity index (χ2n) is 2.49. The zero-order valence-electron chi connectivity index (χ0n) is 7.53. The number of rotatable bonds is 3. The van der Waals surface area contributed by atoms with Crippen LogP contribution in [0.25, 0.3) is 0 Å². The molecule has 0 amide bonds. The van der Waals surface area contributed by atoms with Gasteiger partial charge in [-0.2, -0.15) is 0 Å². The van der Waals surface area contributed by atoms with Gasteiger partial charge in [-0.3, -0.25) is 0 Å². The van der Waals surface area contributed by atoms with E-state index in [0.717, 1.165) is 0 Å². The zero-order valence-corrected chi connectivity index (χ0v) is 8.28. The van der Waals surface area contributed by atoms with E-state index in [-0.39, 0.29) is 5.76 Å². The van der Waals surface area contributed by atoms with Crippen LogP contribution in [0.1, 0.15) is 6.92 Å². The van der Waals surface area contributed by atoms with Gasteiger partial charge < -0.3 is 9.84 Å². The molecule has 0 radical (unpaired) electrons. The van der Waals surface area contributed by atoms with Crippen LogP contribution in [0.2, 0.25) is 5.02 Å². The van der Waals surface area contributed by atoms with Crippen LogP contribution in [0.15, 0.2) is 36.1 Å². The van der Waals surface area contributed by atoms with Gasteiger partial charge in [-0.25, -0.2) is 4.79 Å². The molecule has 0 saturated carbocycles. The molecule has 1 N–H and O–H groups in total. The third-order valence-corrected chi connectivity index (χ3v) is 1.84. The fraction of sp³-hybridized carbons (Fsp3) is 0.100. The third kappa shape index (κ3) is 2.50. The van der Waals surface area contributed by atoms with Gasteiger partial charge in [0.15, 0.2) is 0 Å². The van der Waals surface area contributed by atoms with E-state index in [2.05, 4.69) is 0 Å². The summed E-state index contributed by atoms with van der Waals surface area (Å²) in [6.07, 6.45) is 1.37. The molecule has 14 heavy (non-hydrogen) atoms. The monoisotopic (exact) mass is 212 g/mol. The average Bonchev–Trinajstić information content (AvgIpc) is 2.16. The van der Waals surface area contributed by atoms with Crippen molar-refractivity contribution in [1.82, 2.24) is 0 Å². The molecule has 1 aromatic carbocycles. The number of para-hydroxylation sites is 1. The molecule has 0 fully saturated rings. The maximum atomic E-state index is 10.6. The number of halogens is 1. The second kappa shape index (κ2) is 4.67. The van der Waals surface area contributed by atoms with Gasteiger partial charge >= 0.3 is 5.97 Å². The predicted octanol–water partition coefficient (Wildman–Crippen LogP) is 2.71. The highest BCUT2D eigenvalue weighted by Gasteiger charge is 2.09. The Morgan fingerprint density at radius 3 is 2.64 bits per heavy atom. The summed E-state index contributed by atoms with van der Waals surface area (Å²) >= 11 is 5.78. The Morgan fingerprint density at radius 2 is 2.14 bits per heavy atom. The maximum Gasteiger partial charge on any atom is 0.371 e. The first kappa shape index (κ1) is 10.6. The van der Waals surface area contributed by atoms with E-state index in [1.807, 2.05) is 0 Å². The van der Waals surface area contributed by atoms with Crippen molar-refractivity contribution in [3.63, 3.8) is 0 Å². The zero-order chi connectivity index (χ0) is 10.6. The van der Waals surface area contributed by atoms with Gasteiger partial charge in [0.1, 0.15) is 5.75 Å². The molecule has 0 aromatic heterocycles. The normalized spacial score (nSPS) is 11.1. The molecule has 74 valence electrons. The Morgan fingerprint density at radius 1 is 1.50 bits per heavy atom. The van der Waals surface area contributed by atoms with Crippen molar-refractivity contribution in [2.75, 3.05) is 0 Å². The maximum absolute atomic E-state index is 10.6. The van der Waals surface area contributed by atoms with Crippen LogP contribution in [0.3, 0.4) is 0 Å². The second-order valence-corrected chi connectivity index (χ2v) is 2.90. The van der Waals surface area contributed by atoms with Gasteiger partial charge in [0.2, 0.25) is 5.76 Å². The van der Waals surface area contributed by atoms with Crippen LogP contribution in [0, 0.1) is 0 Å². The molecule has 3 nitrogen and oxygen atoms in total. The number of hydrogen-bond acceptors (Lipinski definition) is 2. The van der Waals surface area contributed by atoms with Crippen LogP contribution in [-0.2, 0) is 4.79 Å². The van der Waals surface area contributed by atoms with E-state index < -0.39 is 5.97 Å². The molecule has 0 aliphatic carbocycles. The molecule has 0 spiro atoms. The van der Waals surface area contributed by atoms with Crippen molar-refractivity contribution in [2.45, 2.75) is 6.92 Å². The number of allylic oxidation sites excluding steroid dienone is 1. The molecule has 0 heterocycles. The van der Waals surface area contributed by atoms with Crippen molar-refractivity contribution in [1.29, 1.82) is 0 Å². The van der Waals surface area contributed by atoms with Crippen molar-refractivity contribution in [3.8, 4) is 5.75 Å². The molecular formula is C10H9ClO3. The van der Waals surface area contributed by atoms with Gasteiger partial charge in [-0.05, 0) is 25.1 Å². The number of carboxylic acids is 1. The Balaban J connectivity index is 2.88. The van der Waals surface area contributed by atoms with Gasteiger partial charge in [0, 0.05) is 0 Å². The lowest BCUT2D eigenvalue weighted by Gasteiger charge is -2.06. The first-order chi connectivity index (χ1) is 6.65. The summed E-state index contributed by atoms with van der Waals surface area (Å²) in [5.74, 6) is -0.921. The number of carboxylic acid groups (broad SMARTS) is 1. The summed E-state index contributed by atoms with van der Waals surface area (Å²) in [5.41, 5.74) is 0. The lowest BCUT2D eigenvalue weighted by Crippen LogP contribution is -2.07. The highest BCUT2D eigenvalue weighted by Crippen LogP contribution is 2.24. The minimum Gasteiger partial charge on any atom is -0.475 e. The summed E-state index contributed by atoms with van der Waals surface area (Å²) in [6.45, 7) is 1.58. The Bertz CT molecular complexity index is 371. The van der Waals surface area contributed by atoms with Gasteiger partial charge in [0.25, 0.3) is 0 Å². The molecule has 1 aromatic rings. The standard InChI is InChI=1S/C10H9ClO3/c1-2-8(10(12)13)14-9-6-4-3-5-7(9)11/h2-6H,1H3,(H,12,13)/b8-2-. The fourth-order valence-corrected chi connectivity index (χ4v) is 1.05. The lowest BCUT2D eigenvalue weighted by molar-refractivity contribution is -0.135. The number of hydrogen-bond donors (Lipinski definition) is 1. The molecule has 0 bridgehead atoms. The Labute approximate surface area is 86.6 Å². The predicted molar refractivity (Wildman–Crippen MR) is 53.5 cm³/mol. The first-order valence-corrected chi connectivity index (χ1v) is 4.35. The molecular weight excluding hydrogens is 204 g/mol. The molecule has 0 aliphatic heterocycles. The van der Waals surface area contributed by atoms with Crippen LogP contribution < -0.4 is 4.74 Å². The fourth-order valence-electron chi connectivity index (χ4n) is 0.872. The van der Waals surface area contributed by atoms with E-state index in [1.54, 1.807) is 31.2 Å². The van der Waals surface area contributed by atoms with E-state index in [9.17, 15) is 4.79 Å². The quantitative estimate of drug-likeness (QED) is 0.619. The van der Waals surface area contributed by atoms with Gasteiger partial charge in [-0.15, -0.1) is 0 Å². The number of carbonyl (C=O) groups is 1. The lowest BCUT2D eigenvalue weighted by atomic mass is 10.3.